The van der Waals surface area contributed by atoms with E-state index >= 15 is 0 Å². The Kier molecular flexibility index (Phi) is 6.35. The lowest BCUT2D eigenvalue weighted by molar-refractivity contribution is -0.203. The Labute approximate surface area is 200 Å². The quantitative estimate of drug-likeness (QED) is 0.251. The van der Waals surface area contributed by atoms with Crippen LogP contribution >= 0.6 is 0 Å². The lowest BCUT2D eigenvalue weighted by Crippen LogP contribution is -2.39. The maximum absolute atomic E-state index is 13.1. The van der Waals surface area contributed by atoms with Gasteiger partial charge in [-0.25, -0.2) is 31.9 Å². The second kappa shape index (κ2) is 8.91. The summed E-state index contributed by atoms with van der Waals surface area (Å²) in [6.07, 6.45) is -4.85. The monoisotopic (exact) mass is 550 g/mol. The topological polar surface area (TPSA) is 219 Å². The number of primary sulfonamides is 1. The highest BCUT2D eigenvalue weighted by molar-refractivity contribution is 7.93. The van der Waals surface area contributed by atoms with E-state index in [2.05, 4.69) is 30.5 Å². The fraction of sp³-hybridized carbons (Fsp3) is 0.353. The number of hydrogen-bond acceptors (Lipinski definition) is 11. The average Bonchev–Trinajstić information content (AvgIpc) is 3.49. The van der Waals surface area contributed by atoms with Crippen LogP contribution in [-0.4, -0.2) is 71.4 Å². The third-order valence-electron chi connectivity index (χ3n) is 5.22. The molecule has 194 valence electrons. The van der Waals surface area contributed by atoms with E-state index in [0.717, 1.165) is 18.2 Å². The Bertz CT molecular complexity index is 1530. The lowest BCUT2D eigenvalue weighted by atomic mass is 9.98. The Hall–Kier alpha value is -3.42. The standard InChI is InChI=1S/C17H17F3N8O6S2/c18-17(19,20)16(29)34-12(21)7-35(30,31)11-4-3-8(9-6-23-28-5-1-2-10(9)28)13(14(11)36(22,32)33)15-24-26-27-25-15/h3-4,6,12H,1-2,5,7,21H2,(H2,22,32,33)(H,24,25,26,27). The van der Waals surface area contributed by atoms with Gasteiger partial charge < -0.3 is 4.74 Å². The molecule has 0 spiro atoms. The molecule has 3 aromatic rings. The number of aromatic nitrogens is 6. The van der Waals surface area contributed by atoms with Crippen LogP contribution in [-0.2, 0) is 42.4 Å². The Morgan fingerprint density at radius 1 is 1.22 bits per heavy atom. The molecule has 1 aromatic carbocycles. The third kappa shape index (κ3) is 4.81. The number of aromatic amines is 1. The molecule has 0 aliphatic carbocycles. The number of nitrogens with one attached hydrogen (secondary N) is 1. The van der Waals surface area contributed by atoms with Gasteiger partial charge in [-0.05, 0) is 34.9 Å². The number of halogens is 3. The fourth-order valence-corrected chi connectivity index (χ4v) is 6.76. The summed E-state index contributed by atoms with van der Waals surface area (Å²) in [7, 11) is -9.64. The van der Waals surface area contributed by atoms with Crippen molar-refractivity contribution >= 4 is 25.8 Å². The number of aryl methyl sites for hydroxylation is 1. The van der Waals surface area contributed by atoms with E-state index in [1.54, 1.807) is 4.68 Å². The van der Waals surface area contributed by atoms with Crippen molar-refractivity contribution in [1.82, 2.24) is 30.4 Å². The van der Waals surface area contributed by atoms with Crippen molar-refractivity contribution in [1.29, 1.82) is 0 Å². The summed E-state index contributed by atoms with van der Waals surface area (Å²) in [5.41, 5.74) is 6.42. The summed E-state index contributed by atoms with van der Waals surface area (Å²) in [5.74, 6) is -4.35. The van der Waals surface area contributed by atoms with Gasteiger partial charge in [-0.15, -0.1) is 5.10 Å². The van der Waals surface area contributed by atoms with E-state index in [0.29, 0.717) is 18.5 Å². The Morgan fingerprint density at radius 3 is 2.56 bits per heavy atom. The number of carbonyl (C=O) groups is 1. The van der Waals surface area contributed by atoms with Crippen molar-refractivity contribution in [3.63, 3.8) is 0 Å². The number of hydrogen-bond donors (Lipinski definition) is 3. The van der Waals surface area contributed by atoms with Gasteiger partial charge in [0.1, 0.15) is 10.6 Å². The summed E-state index contributed by atoms with van der Waals surface area (Å²) in [6.45, 7) is 0.623. The second-order valence-electron chi connectivity index (χ2n) is 7.66. The maximum Gasteiger partial charge on any atom is 0.490 e. The first-order chi connectivity index (χ1) is 16.7. The molecule has 14 nitrogen and oxygen atoms in total. The first-order valence-electron chi connectivity index (χ1n) is 9.95. The molecular formula is C17H17F3N8O6S2. The van der Waals surface area contributed by atoms with Gasteiger partial charge in [0.15, 0.2) is 21.9 Å². The number of fused-ring (bicyclic) bond motifs is 1. The predicted molar refractivity (Wildman–Crippen MR) is 113 cm³/mol. The molecule has 3 heterocycles. The van der Waals surface area contributed by atoms with Crippen molar-refractivity contribution in [2.24, 2.45) is 10.9 Å². The van der Waals surface area contributed by atoms with Crippen LogP contribution < -0.4 is 10.9 Å². The summed E-state index contributed by atoms with van der Waals surface area (Å²) >= 11 is 0. The Morgan fingerprint density at radius 2 is 1.94 bits per heavy atom. The molecule has 1 unspecified atom stereocenters. The zero-order valence-corrected chi connectivity index (χ0v) is 19.6. The maximum atomic E-state index is 13.1. The molecule has 0 saturated heterocycles. The number of sulfone groups is 1. The number of nitrogens with zero attached hydrogens (tertiary/aromatic N) is 5. The van der Waals surface area contributed by atoms with E-state index in [9.17, 15) is 34.8 Å². The molecule has 0 saturated carbocycles. The van der Waals surface area contributed by atoms with Gasteiger partial charge in [0, 0.05) is 23.4 Å². The van der Waals surface area contributed by atoms with Crippen LogP contribution in [0.1, 0.15) is 12.1 Å². The van der Waals surface area contributed by atoms with Crippen LogP contribution in [0.3, 0.4) is 0 Å². The molecule has 0 radical (unpaired) electrons. The highest BCUT2D eigenvalue weighted by atomic mass is 32.2. The molecule has 0 bridgehead atoms. The molecule has 5 N–H and O–H groups in total. The highest BCUT2D eigenvalue weighted by Crippen LogP contribution is 2.41. The first-order valence-corrected chi connectivity index (χ1v) is 13.1. The first kappa shape index (κ1) is 25.7. The van der Waals surface area contributed by atoms with E-state index in [-0.39, 0.29) is 17.0 Å². The summed E-state index contributed by atoms with van der Waals surface area (Å²) in [4.78, 5) is 9.20. The van der Waals surface area contributed by atoms with Crippen molar-refractivity contribution in [3.8, 4) is 22.5 Å². The highest BCUT2D eigenvalue weighted by Gasteiger charge is 2.43. The number of H-pyrrole nitrogens is 1. The summed E-state index contributed by atoms with van der Waals surface area (Å²) in [6, 6.07) is 2.18. The fourth-order valence-electron chi connectivity index (χ4n) is 3.85. The molecular weight excluding hydrogens is 533 g/mol. The van der Waals surface area contributed by atoms with E-state index in [1.165, 1.54) is 12.3 Å². The number of rotatable bonds is 7. The van der Waals surface area contributed by atoms with Crippen LogP contribution in [0.25, 0.3) is 22.5 Å². The zero-order chi connectivity index (χ0) is 26.5. The second-order valence-corrected chi connectivity index (χ2v) is 11.2. The number of sulfonamides is 1. The normalized spacial score (nSPS) is 15.0. The summed E-state index contributed by atoms with van der Waals surface area (Å²) in [5, 5.41) is 22.5. The number of ether oxygens (including phenoxy) is 1. The lowest BCUT2D eigenvalue weighted by Gasteiger charge is -2.18. The number of alkyl halides is 3. The van der Waals surface area contributed by atoms with Gasteiger partial charge in [0.05, 0.1) is 11.1 Å². The van der Waals surface area contributed by atoms with Crippen molar-refractivity contribution in [2.75, 3.05) is 5.75 Å². The average molecular weight is 551 g/mol. The van der Waals surface area contributed by atoms with E-state index < -0.39 is 53.8 Å². The molecule has 1 aliphatic heterocycles. The molecule has 19 heteroatoms. The van der Waals surface area contributed by atoms with Gasteiger partial charge in [0.25, 0.3) is 0 Å². The molecule has 0 amide bonds. The van der Waals surface area contributed by atoms with Crippen LogP contribution in [0.5, 0.6) is 0 Å². The van der Waals surface area contributed by atoms with Crippen LogP contribution in [0.2, 0.25) is 0 Å². The number of esters is 1. The van der Waals surface area contributed by atoms with Crippen LogP contribution in [0, 0.1) is 0 Å². The van der Waals surface area contributed by atoms with Crippen LogP contribution in [0.15, 0.2) is 28.1 Å². The largest absolute Gasteiger partial charge is 0.490 e. The number of carbonyl (C=O) groups excluding carboxylic acids is 1. The SMILES string of the molecule is NC(CS(=O)(=O)c1ccc(-c2cnn3c2CCC3)c(-c2nnn[nH]2)c1S(N)(=O)=O)OC(=O)C(F)(F)F. The molecule has 0 fully saturated rings. The number of benzene rings is 1. The Balaban J connectivity index is 1.89. The van der Waals surface area contributed by atoms with E-state index in [4.69, 9.17) is 10.9 Å². The van der Waals surface area contributed by atoms with Gasteiger partial charge in [-0.3, -0.25) is 10.4 Å². The van der Waals surface area contributed by atoms with Crippen molar-refractivity contribution in [2.45, 2.75) is 41.6 Å². The van der Waals surface area contributed by atoms with Crippen molar-refractivity contribution < 1.29 is 39.5 Å². The number of nitrogens with two attached hydrogens (primary N) is 2. The molecule has 1 atom stereocenters. The zero-order valence-electron chi connectivity index (χ0n) is 17.9. The van der Waals surface area contributed by atoms with Crippen LogP contribution in [0.4, 0.5) is 13.2 Å². The molecule has 1 aliphatic rings. The smallest absolute Gasteiger partial charge is 0.439 e. The minimum absolute atomic E-state index is 0.187. The van der Waals surface area contributed by atoms with Gasteiger partial charge in [-0.1, -0.05) is 6.07 Å². The minimum atomic E-state index is -5.42. The van der Waals surface area contributed by atoms with Gasteiger partial charge >= 0.3 is 12.1 Å². The molecule has 4 rings (SSSR count). The van der Waals surface area contributed by atoms with E-state index in [1.807, 2.05) is 0 Å². The predicted octanol–water partition coefficient (Wildman–Crippen LogP) is -0.512. The van der Waals surface area contributed by atoms with Gasteiger partial charge in [-0.2, -0.15) is 18.3 Å². The summed E-state index contributed by atoms with van der Waals surface area (Å²) < 4.78 is 94.7. The minimum Gasteiger partial charge on any atom is -0.439 e. The van der Waals surface area contributed by atoms with Gasteiger partial charge in [0.2, 0.25) is 10.0 Å². The van der Waals surface area contributed by atoms with Crippen molar-refractivity contribution in [3.05, 3.63) is 24.0 Å². The molecule has 2 aromatic heterocycles. The number of tetrazole rings is 1. The third-order valence-corrected chi connectivity index (χ3v) is 8.12. The molecule has 36 heavy (non-hydrogen) atoms.